The standard InChI is InChI=1S/C26H28N2O3/c1-18-11-13-19(14-12-18)16-27-25(29)17-28-23-9-5-3-7-20(23)22(15-26(28)30)21-8-4-6-10-24(21)31-2/h4,6,8,10-15H,3,5,7,9,16-17H2,1-2H3,(H,27,29). The summed E-state index contributed by atoms with van der Waals surface area (Å²) in [7, 11) is 1.64. The highest BCUT2D eigenvalue weighted by Crippen LogP contribution is 2.35. The number of pyridine rings is 1. The van der Waals surface area contributed by atoms with E-state index in [2.05, 4.69) is 5.32 Å². The molecule has 0 fully saturated rings. The van der Waals surface area contributed by atoms with Crippen LogP contribution in [0.5, 0.6) is 5.75 Å². The minimum absolute atomic E-state index is 0.0409. The van der Waals surface area contributed by atoms with Gasteiger partial charge in [-0.1, -0.05) is 48.0 Å². The minimum atomic E-state index is -0.152. The molecule has 3 aromatic rings. The van der Waals surface area contributed by atoms with Crippen LogP contribution in [-0.2, 0) is 30.7 Å². The summed E-state index contributed by atoms with van der Waals surface area (Å²) in [6.45, 7) is 2.53. The van der Waals surface area contributed by atoms with Gasteiger partial charge in [-0.25, -0.2) is 0 Å². The second-order valence-electron chi connectivity index (χ2n) is 8.08. The number of aryl methyl sites for hydroxylation is 1. The Morgan fingerprint density at radius 3 is 2.55 bits per heavy atom. The van der Waals surface area contributed by atoms with Gasteiger partial charge in [-0.2, -0.15) is 0 Å². The predicted octanol–water partition coefficient (Wildman–Crippen LogP) is 4.03. The van der Waals surface area contributed by atoms with Crippen molar-refractivity contribution >= 4 is 5.91 Å². The van der Waals surface area contributed by atoms with Gasteiger partial charge in [0.1, 0.15) is 12.3 Å². The first-order valence-corrected chi connectivity index (χ1v) is 10.8. The topological polar surface area (TPSA) is 60.3 Å². The largest absolute Gasteiger partial charge is 0.496 e. The van der Waals surface area contributed by atoms with Gasteiger partial charge in [-0.3, -0.25) is 9.59 Å². The summed E-state index contributed by atoms with van der Waals surface area (Å²) in [5.74, 6) is 0.601. The number of carbonyl (C=O) groups is 1. The van der Waals surface area contributed by atoms with Gasteiger partial charge in [0, 0.05) is 23.9 Å². The molecule has 1 heterocycles. The van der Waals surface area contributed by atoms with Crippen molar-refractivity contribution in [2.45, 2.75) is 45.7 Å². The maximum absolute atomic E-state index is 13.1. The second kappa shape index (κ2) is 9.21. The fourth-order valence-corrected chi connectivity index (χ4v) is 4.29. The number of nitrogens with zero attached hydrogens (tertiary/aromatic N) is 1. The Kier molecular flexibility index (Phi) is 6.21. The van der Waals surface area contributed by atoms with E-state index in [1.165, 1.54) is 5.56 Å². The molecule has 0 bridgehead atoms. The average molecular weight is 417 g/mol. The van der Waals surface area contributed by atoms with Crippen LogP contribution < -0.4 is 15.6 Å². The lowest BCUT2D eigenvalue weighted by Gasteiger charge is -2.24. The molecule has 0 radical (unpaired) electrons. The maximum atomic E-state index is 13.1. The number of methoxy groups -OCH3 is 1. The van der Waals surface area contributed by atoms with Gasteiger partial charge in [0.15, 0.2) is 0 Å². The first-order valence-electron chi connectivity index (χ1n) is 10.8. The van der Waals surface area contributed by atoms with Crippen LogP contribution in [0.3, 0.4) is 0 Å². The number of hydrogen-bond acceptors (Lipinski definition) is 3. The van der Waals surface area contributed by atoms with Crippen molar-refractivity contribution in [3.05, 3.63) is 87.3 Å². The van der Waals surface area contributed by atoms with E-state index in [1.807, 2.05) is 55.5 Å². The molecule has 1 N–H and O–H groups in total. The lowest BCUT2D eigenvalue weighted by atomic mass is 9.88. The van der Waals surface area contributed by atoms with E-state index in [0.717, 1.165) is 59.4 Å². The third-order valence-electron chi connectivity index (χ3n) is 5.93. The van der Waals surface area contributed by atoms with Crippen molar-refractivity contribution in [2.24, 2.45) is 0 Å². The van der Waals surface area contributed by atoms with Gasteiger partial charge in [0.2, 0.25) is 5.91 Å². The molecular weight excluding hydrogens is 388 g/mol. The molecule has 1 aliphatic rings. The number of rotatable bonds is 6. The van der Waals surface area contributed by atoms with Crippen LogP contribution in [0.2, 0.25) is 0 Å². The highest BCUT2D eigenvalue weighted by Gasteiger charge is 2.22. The van der Waals surface area contributed by atoms with Gasteiger partial charge >= 0.3 is 0 Å². The van der Waals surface area contributed by atoms with Crippen molar-refractivity contribution < 1.29 is 9.53 Å². The van der Waals surface area contributed by atoms with Crippen LogP contribution >= 0.6 is 0 Å². The van der Waals surface area contributed by atoms with Crippen LogP contribution in [0.4, 0.5) is 0 Å². The molecule has 4 rings (SSSR count). The molecule has 0 saturated carbocycles. The molecule has 5 heteroatoms. The Labute approximate surface area is 182 Å². The fourth-order valence-electron chi connectivity index (χ4n) is 4.29. The Morgan fingerprint density at radius 2 is 1.77 bits per heavy atom. The third kappa shape index (κ3) is 4.55. The van der Waals surface area contributed by atoms with Crippen LogP contribution in [0.15, 0.2) is 59.4 Å². The number of hydrogen-bond donors (Lipinski definition) is 1. The summed E-state index contributed by atoms with van der Waals surface area (Å²) in [5, 5.41) is 2.95. The molecule has 1 amide bonds. The van der Waals surface area contributed by atoms with Gasteiger partial charge in [-0.15, -0.1) is 0 Å². The SMILES string of the molecule is COc1ccccc1-c1cc(=O)n(CC(=O)NCc2ccc(C)cc2)c2c1CCCC2. The number of para-hydroxylation sites is 1. The summed E-state index contributed by atoms with van der Waals surface area (Å²) in [4.78, 5) is 25.7. The lowest BCUT2D eigenvalue weighted by Crippen LogP contribution is -2.35. The first-order chi connectivity index (χ1) is 15.1. The van der Waals surface area contributed by atoms with Crippen molar-refractivity contribution in [1.29, 1.82) is 0 Å². The second-order valence-corrected chi connectivity index (χ2v) is 8.08. The minimum Gasteiger partial charge on any atom is -0.496 e. The molecule has 2 aromatic carbocycles. The first kappa shape index (κ1) is 20.9. The summed E-state index contributed by atoms with van der Waals surface area (Å²) in [6.07, 6.45) is 3.80. The number of benzene rings is 2. The maximum Gasteiger partial charge on any atom is 0.251 e. The van der Waals surface area contributed by atoms with E-state index < -0.39 is 0 Å². The quantitative estimate of drug-likeness (QED) is 0.660. The Balaban J connectivity index is 1.62. The highest BCUT2D eigenvalue weighted by molar-refractivity contribution is 5.77. The number of ether oxygens (including phenoxy) is 1. The summed E-state index contributed by atoms with van der Waals surface area (Å²) in [6, 6.07) is 17.5. The van der Waals surface area contributed by atoms with E-state index in [-0.39, 0.29) is 18.0 Å². The Hall–Kier alpha value is -3.34. The Morgan fingerprint density at radius 1 is 1.03 bits per heavy atom. The zero-order chi connectivity index (χ0) is 21.8. The smallest absolute Gasteiger partial charge is 0.251 e. The van der Waals surface area contributed by atoms with Crippen molar-refractivity contribution in [3.63, 3.8) is 0 Å². The number of nitrogens with one attached hydrogen (secondary N) is 1. The Bertz CT molecular complexity index is 1150. The van der Waals surface area contributed by atoms with Gasteiger partial charge in [-0.05, 0) is 55.4 Å². The molecule has 0 aliphatic heterocycles. The monoisotopic (exact) mass is 416 g/mol. The fraction of sp³-hybridized carbons (Fsp3) is 0.308. The highest BCUT2D eigenvalue weighted by atomic mass is 16.5. The summed E-state index contributed by atoms with van der Waals surface area (Å²) < 4.78 is 7.18. The van der Waals surface area contributed by atoms with Crippen LogP contribution in [0, 0.1) is 6.92 Å². The van der Waals surface area contributed by atoms with E-state index in [1.54, 1.807) is 17.7 Å². The zero-order valence-corrected chi connectivity index (χ0v) is 18.1. The third-order valence-corrected chi connectivity index (χ3v) is 5.93. The predicted molar refractivity (Wildman–Crippen MR) is 122 cm³/mol. The summed E-state index contributed by atoms with van der Waals surface area (Å²) in [5.41, 5.74) is 6.06. The van der Waals surface area contributed by atoms with Gasteiger partial charge in [0.25, 0.3) is 5.56 Å². The lowest BCUT2D eigenvalue weighted by molar-refractivity contribution is -0.121. The normalized spacial score (nSPS) is 12.8. The molecular formula is C26H28N2O3. The zero-order valence-electron chi connectivity index (χ0n) is 18.1. The van der Waals surface area contributed by atoms with Crippen molar-refractivity contribution in [2.75, 3.05) is 7.11 Å². The van der Waals surface area contributed by atoms with Gasteiger partial charge < -0.3 is 14.6 Å². The van der Waals surface area contributed by atoms with Crippen LogP contribution in [0.1, 0.15) is 35.2 Å². The molecule has 31 heavy (non-hydrogen) atoms. The molecule has 0 unspecified atom stereocenters. The molecule has 0 atom stereocenters. The van der Waals surface area contributed by atoms with Crippen LogP contribution in [-0.4, -0.2) is 17.6 Å². The van der Waals surface area contributed by atoms with E-state index in [9.17, 15) is 9.59 Å². The van der Waals surface area contributed by atoms with E-state index in [4.69, 9.17) is 4.74 Å². The molecule has 0 spiro atoms. The van der Waals surface area contributed by atoms with E-state index >= 15 is 0 Å². The number of amides is 1. The molecule has 160 valence electrons. The van der Waals surface area contributed by atoms with E-state index in [0.29, 0.717) is 6.54 Å². The average Bonchev–Trinajstić information content (AvgIpc) is 2.80. The van der Waals surface area contributed by atoms with Gasteiger partial charge in [0.05, 0.1) is 7.11 Å². The molecule has 1 aliphatic carbocycles. The molecule has 0 saturated heterocycles. The number of carbonyl (C=O) groups excluding carboxylic acids is 1. The van der Waals surface area contributed by atoms with Crippen molar-refractivity contribution in [1.82, 2.24) is 9.88 Å². The molecule has 5 nitrogen and oxygen atoms in total. The van der Waals surface area contributed by atoms with Crippen molar-refractivity contribution in [3.8, 4) is 16.9 Å². The van der Waals surface area contributed by atoms with Crippen LogP contribution in [0.25, 0.3) is 11.1 Å². The number of aromatic nitrogens is 1. The molecule has 1 aromatic heterocycles. The number of fused-ring (bicyclic) bond motifs is 1. The summed E-state index contributed by atoms with van der Waals surface area (Å²) >= 11 is 0.